The van der Waals surface area contributed by atoms with Crippen molar-refractivity contribution in [3.8, 4) is 0 Å². The summed E-state index contributed by atoms with van der Waals surface area (Å²) >= 11 is 6.95. The first-order valence-corrected chi connectivity index (χ1v) is 8.32. The number of carbonyl (C=O) groups is 1. The molecular formula is C12H16BrNOS2. The van der Waals surface area contributed by atoms with Crippen molar-refractivity contribution in [2.24, 2.45) is 0 Å². The van der Waals surface area contributed by atoms with Crippen molar-refractivity contribution in [1.82, 2.24) is 4.90 Å². The third kappa shape index (κ3) is 3.56. The molecule has 2 unspecified atom stereocenters. The summed E-state index contributed by atoms with van der Waals surface area (Å²) in [6.45, 7) is 7.06. The molecule has 0 saturated carbocycles. The maximum absolute atomic E-state index is 12.1. The van der Waals surface area contributed by atoms with Crippen molar-refractivity contribution in [1.29, 1.82) is 0 Å². The summed E-state index contributed by atoms with van der Waals surface area (Å²) in [7, 11) is 0. The molecule has 2 rings (SSSR count). The van der Waals surface area contributed by atoms with E-state index in [9.17, 15) is 4.79 Å². The molecule has 0 radical (unpaired) electrons. The van der Waals surface area contributed by atoms with Crippen LogP contribution in [-0.2, 0) is 0 Å². The van der Waals surface area contributed by atoms with Gasteiger partial charge in [-0.3, -0.25) is 9.69 Å². The van der Waals surface area contributed by atoms with E-state index in [0.29, 0.717) is 17.0 Å². The Labute approximate surface area is 119 Å². The van der Waals surface area contributed by atoms with Gasteiger partial charge in [0.2, 0.25) is 0 Å². The lowest BCUT2D eigenvalue weighted by atomic mass is 10.2. The van der Waals surface area contributed by atoms with E-state index in [-0.39, 0.29) is 5.78 Å². The molecule has 0 N–H and O–H groups in total. The Kier molecular flexibility index (Phi) is 4.69. The highest BCUT2D eigenvalue weighted by Crippen LogP contribution is 2.26. The number of thiophene rings is 1. The van der Waals surface area contributed by atoms with Gasteiger partial charge in [-0.25, -0.2) is 0 Å². The summed E-state index contributed by atoms with van der Waals surface area (Å²) in [4.78, 5) is 15.3. The summed E-state index contributed by atoms with van der Waals surface area (Å²) in [6.07, 6.45) is 0. The Morgan fingerprint density at radius 2 is 2.12 bits per heavy atom. The molecule has 2 heterocycles. The first-order chi connectivity index (χ1) is 8.06. The summed E-state index contributed by atoms with van der Waals surface area (Å²) in [5.74, 6) is 0.234. The Hall–Kier alpha value is 0.160. The van der Waals surface area contributed by atoms with Crippen molar-refractivity contribution < 1.29 is 4.79 Å². The highest BCUT2D eigenvalue weighted by molar-refractivity contribution is 9.10. The number of thioether (sulfide) groups is 1. The molecule has 5 heteroatoms. The quantitative estimate of drug-likeness (QED) is 0.789. The van der Waals surface area contributed by atoms with Gasteiger partial charge < -0.3 is 0 Å². The van der Waals surface area contributed by atoms with Crippen LogP contribution >= 0.6 is 39.0 Å². The fraction of sp³-hybridized carbons (Fsp3) is 0.583. The highest BCUT2D eigenvalue weighted by Gasteiger charge is 2.24. The summed E-state index contributed by atoms with van der Waals surface area (Å²) in [5.41, 5.74) is 0. The lowest BCUT2D eigenvalue weighted by molar-refractivity contribution is 0.0933. The van der Waals surface area contributed by atoms with Gasteiger partial charge in [-0.2, -0.15) is 11.8 Å². The summed E-state index contributed by atoms with van der Waals surface area (Å²) in [6, 6.07) is 1.94. The molecule has 17 heavy (non-hydrogen) atoms. The number of Topliss-reactive ketones (excluding diaryl/α,β-unsaturated/α-hetero) is 1. The topological polar surface area (TPSA) is 20.3 Å². The van der Waals surface area contributed by atoms with E-state index in [1.54, 1.807) is 0 Å². The van der Waals surface area contributed by atoms with Crippen molar-refractivity contribution in [3.63, 3.8) is 0 Å². The van der Waals surface area contributed by atoms with Crippen LogP contribution in [0.1, 0.15) is 23.5 Å². The minimum atomic E-state index is 0.234. The molecular weight excluding hydrogens is 318 g/mol. The van der Waals surface area contributed by atoms with E-state index >= 15 is 0 Å². The van der Waals surface area contributed by atoms with Crippen LogP contribution in [0.25, 0.3) is 0 Å². The first kappa shape index (κ1) is 13.6. The zero-order chi connectivity index (χ0) is 12.4. The molecule has 1 saturated heterocycles. The monoisotopic (exact) mass is 333 g/mol. The molecule has 0 aliphatic carbocycles. The number of nitrogens with zero attached hydrogens (tertiary/aromatic N) is 1. The lowest BCUT2D eigenvalue weighted by Crippen LogP contribution is -2.42. The molecule has 1 aromatic rings. The number of ketones is 1. The van der Waals surface area contributed by atoms with E-state index in [0.717, 1.165) is 22.4 Å². The van der Waals surface area contributed by atoms with Crippen LogP contribution in [0, 0.1) is 0 Å². The van der Waals surface area contributed by atoms with E-state index in [2.05, 4.69) is 34.7 Å². The predicted molar refractivity (Wildman–Crippen MR) is 79.3 cm³/mol. The summed E-state index contributed by atoms with van der Waals surface area (Å²) < 4.78 is 0.931. The molecule has 2 atom stereocenters. The molecule has 1 aliphatic heterocycles. The van der Waals surface area contributed by atoms with Crippen LogP contribution in [0.15, 0.2) is 15.9 Å². The second-order valence-electron chi connectivity index (χ2n) is 4.47. The van der Waals surface area contributed by atoms with Crippen LogP contribution in [0.3, 0.4) is 0 Å². The van der Waals surface area contributed by atoms with Gasteiger partial charge in [0, 0.05) is 28.1 Å². The van der Waals surface area contributed by atoms with Gasteiger partial charge in [-0.15, -0.1) is 11.3 Å². The number of rotatable bonds is 3. The largest absolute Gasteiger partial charge is 0.294 e. The maximum Gasteiger partial charge on any atom is 0.187 e. The third-order valence-corrected chi connectivity index (χ3v) is 5.84. The van der Waals surface area contributed by atoms with Gasteiger partial charge in [0.15, 0.2) is 5.78 Å². The normalized spacial score (nSPS) is 26.1. The molecule has 0 spiro atoms. The number of carbonyl (C=O) groups excluding carboxylic acids is 1. The molecule has 0 bridgehead atoms. The molecule has 1 aromatic heterocycles. The van der Waals surface area contributed by atoms with Gasteiger partial charge in [0.25, 0.3) is 0 Å². The number of hydrogen-bond donors (Lipinski definition) is 0. The predicted octanol–water partition coefficient (Wildman–Crippen LogP) is 3.52. The first-order valence-electron chi connectivity index (χ1n) is 5.70. The van der Waals surface area contributed by atoms with E-state index < -0.39 is 0 Å². The van der Waals surface area contributed by atoms with Gasteiger partial charge in [0.1, 0.15) is 0 Å². The van der Waals surface area contributed by atoms with E-state index in [4.69, 9.17) is 0 Å². The Morgan fingerprint density at radius 3 is 2.65 bits per heavy atom. The Bertz CT molecular complexity index is 397. The van der Waals surface area contributed by atoms with Crippen LogP contribution in [0.2, 0.25) is 0 Å². The van der Waals surface area contributed by atoms with Crippen molar-refractivity contribution in [2.45, 2.75) is 24.3 Å². The highest BCUT2D eigenvalue weighted by atomic mass is 79.9. The van der Waals surface area contributed by atoms with Crippen LogP contribution in [0.5, 0.6) is 0 Å². The van der Waals surface area contributed by atoms with Crippen molar-refractivity contribution >= 4 is 44.8 Å². The molecule has 94 valence electrons. The maximum atomic E-state index is 12.1. The average Bonchev–Trinajstić information content (AvgIpc) is 2.62. The second-order valence-corrected chi connectivity index (χ2v) is 8.12. The molecule has 1 aliphatic rings. The van der Waals surface area contributed by atoms with E-state index in [1.807, 2.05) is 23.2 Å². The lowest BCUT2D eigenvalue weighted by Gasteiger charge is -2.33. The minimum absolute atomic E-state index is 0.234. The van der Waals surface area contributed by atoms with E-state index in [1.165, 1.54) is 11.3 Å². The van der Waals surface area contributed by atoms with Crippen LogP contribution in [-0.4, -0.2) is 40.8 Å². The standard InChI is InChI=1S/C12H16BrNOS2/c1-8-5-14(6-9(2)17-8)7-11(15)12-10(13)3-4-16-12/h3-4,8-9H,5-7H2,1-2H3. The fourth-order valence-electron chi connectivity index (χ4n) is 2.18. The third-order valence-electron chi connectivity index (χ3n) is 2.73. The fourth-order valence-corrected chi connectivity index (χ4v) is 5.09. The molecule has 0 amide bonds. The van der Waals surface area contributed by atoms with Crippen molar-refractivity contribution in [3.05, 3.63) is 20.8 Å². The van der Waals surface area contributed by atoms with Crippen LogP contribution < -0.4 is 0 Å². The zero-order valence-corrected chi connectivity index (χ0v) is 13.2. The molecule has 0 aromatic carbocycles. The van der Waals surface area contributed by atoms with Gasteiger partial charge in [-0.05, 0) is 27.4 Å². The summed E-state index contributed by atoms with van der Waals surface area (Å²) in [5, 5.41) is 3.20. The van der Waals surface area contributed by atoms with Gasteiger partial charge >= 0.3 is 0 Å². The van der Waals surface area contributed by atoms with Gasteiger partial charge in [-0.1, -0.05) is 13.8 Å². The number of halogens is 1. The Morgan fingerprint density at radius 1 is 1.47 bits per heavy atom. The second kappa shape index (κ2) is 5.87. The number of hydrogen-bond acceptors (Lipinski definition) is 4. The Balaban J connectivity index is 1.97. The average molecular weight is 334 g/mol. The van der Waals surface area contributed by atoms with Crippen molar-refractivity contribution in [2.75, 3.05) is 19.6 Å². The minimum Gasteiger partial charge on any atom is -0.294 e. The van der Waals surface area contributed by atoms with Gasteiger partial charge in [0.05, 0.1) is 11.4 Å². The molecule has 1 fully saturated rings. The SMILES string of the molecule is CC1CN(CC(=O)c2sccc2Br)CC(C)S1. The van der Waals surface area contributed by atoms with Crippen LogP contribution in [0.4, 0.5) is 0 Å². The zero-order valence-electron chi connectivity index (χ0n) is 9.98. The molecule has 2 nitrogen and oxygen atoms in total. The smallest absolute Gasteiger partial charge is 0.187 e.